The number of nitrogens with two attached hydrogens (primary N) is 1. The lowest BCUT2D eigenvalue weighted by Crippen LogP contribution is -2.46. The molecule has 5 nitrogen and oxygen atoms in total. The van der Waals surface area contributed by atoms with Crippen molar-refractivity contribution in [2.75, 3.05) is 5.73 Å². The number of benzene rings is 1. The van der Waals surface area contributed by atoms with Gasteiger partial charge in [-0.05, 0) is 54.9 Å². The van der Waals surface area contributed by atoms with Gasteiger partial charge in [-0.3, -0.25) is 9.59 Å². The van der Waals surface area contributed by atoms with Crippen LogP contribution in [0.25, 0.3) is 0 Å². The van der Waals surface area contributed by atoms with Crippen molar-refractivity contribution in [3.63, 3.8) is 0 Å². The van der Waals surface area contributed by atoms with Crippen molar-refractivity contribution in [2.24, 2.45) is 0 Å². The molecule has 0 saturated carbocycles. The van der Waals surface area contributed by atoms with Crippen molar-refractivity contribution in [2.45, 2.75) is 32.9 Å². The highest BCUT2D eigenvalue weighted by molar-refractivity contribution is 9.10. The zero-order chi connectivity index (χ0) is 14.6. The van der Waals surface area contributed by atoms with Gasteiger partial charge in [0.25, 0.3) is 5.91 Å². The number of nitrogens with one attached hydrogen (secondary N) is 2. The number of halogens is 1. The Morgan fingerprint density at radius 3 is 2.37 bits per heavy atom. The second-order valence-corrected chi connectivity index (χ2v) is 5.45. The summed E-state index contributed by atoms with van der Waals surface area (Å²) in [7, 11) is 0. The summed E-state index contributed by atoms with van der Waals surface area (Å²) in [6, 6.07) is 4.34. The molecule has 0 fully saturated rings. The molecule has 1 rings (SSSR count). The lowest BCUT2D eigenvalue weighted by molar-refractivity contribution is -0.123. The Balaban J connectivity index is 2.68. The highest BCUT2D eigenvalue weighted by Crippen LogP contribution is 2.20. The van der Waals surface area contributed by atoms with Crippen molar-refractivity contribution in [3.8, 4) is 0 Å². The van der Waals surface area contributed by atoms with Crippen LogP contribution in [0.1, 0.15) is 31.1 Å². The smallest absolute Gasteiger partial charge is 0.251 e. The van der Waals surface area contributed by atoms with Gasteiger partial charge in [-0.15, -0.1) is 0 Å². The van der Waals surface area contributed by atoms with Gasteiger partial charge in [0.05, 0.1) is 0 Å². The maximum Gasteiger partial charge on any atom is 0.251 e. The average Bonchev–Trinajstić information content (AvgIpc) is 2.31. The summed E-state index contributed by atoms with van der Waals surface area (Å²) in [5.41, 5.74) is 6.61. The number of hydrogen-bond donors (Lipinski definition) is 3. The predicted molar refractivity (Wildman–Crippen MR) is 78.8 cm³/mol. The van der Waals surface area contributed by atoms with Crippen LogP contribution in [-0.4, -0.2) is 23.9 Å². The van der Waals surface area contributed by atoms with Gasteiger partial charge in [0.2, 0.25) is 5.91 Å². The fourth-order valence-corrected chi connectivity index (χ4v) is 1.69. The molecule has 1 unspecified atom stereocenters. The van der Waals surface area contributed by atoms with Crippen molar-refractivity contribution in [3.05, 3.63) is 28.2 Å². The largest absolute Gasteiger partial charge is 0.398 e. The number of rotatable bonds is 4. The molecule has 0 bridgehead atoms. The highest BCUT2D eigenvalue weighted by Gasteiger charge is 2.17. The minimum absolute atomic E-state index is 0.0372. The molecular formula is C13H18BrN3O2. The van der Waals surface area contributed by atoms with Crippen LogP contribution in [0.3, 0.4) is 0 Å². The van der Waals surface area contributed by atoms with Crippen LogP contribution in [0.2, 0.25) is 0 Å². The standard InChI is InChI=1S/C13H18BrN3O2/c1-7(2)16-12(18)8(3)17-13(19)9-4-5-10(14)11(15)6-9/h4-8H,15H2,1-3H3,(H,16,18)(H,17,19). The summed E-state index contributed by atoms with van der Waals surface area (Å²) in [4.78, 5) is 23.6. The third-order valence-electron chi connectivity index (χ3n) is 2.43. The van der Waals surface area contributed by atoms with E-state index < -0.39 is 6.04 Å². The lowest BCUT2D eigenvalue weighted by Gasteiger charge is -2.16. The maximum atomic E-state index is 11.9. The van der Waals surface area contributed by atoms with E-state index in [4.69, 9.17) is 5.73 Å². The third-order valence-corrected chi connectivity index (χ3v) is 3.15. The number of hydrogen-bond acceptors (Lipinski definition) is 3. The number of amides is 2. The van der Waals surface area contributed by atoms with Crippen LogP contribution in [0.4, 0.5) is 5.69 Å². The van der Waals surface area contributed by atoms with Gasteiger partial charge in [-0.1, -0.05) is 0 Å². The van der Waals surface area contributed by atoms with E-state index in [1.54, 1.807) is 25.1 Å². The minimum atomic E-state index is -0.597. The molecule has 0 aliphatic rings. The van der Waals surface area contributed by atoms with Gasteiger partial charge in [-0.2, -0.15) is 0 Å². The summed E-state index contributed by atoms with van der Waals surface area (Å²) in [6.07, 6.45) is 0. The molecule has 2 amide bonds. The maximum absolute atomic E-state index is 11.9. The first-order valence-electron chi connectivity index (χ1n) is 5.97. The Labute approximate surface area is 121 Å². The van der Waals surface area contributed by atoms with Gasteiger partial charge in [0.1, 0.15) is 6.04 Å². The normalized spacial score (nSPS) is 12.1. The quantitative estimate of drug-likeness (QED) is 0.735. The number of nitrogen functional groups attached to an aromatic ring is 1. The Bertz CT molecular complexity index is 489. The van der Waals surface area contributed by atoms with E-state index >= 15 is 0 Å². The van der Waals surface area contributed by atoms with E-state index in [9.17, 15) is 9.59 Å². The zero-order valence-corrected chi connectivity index (χ0v) is 12.7. The van der Waals surface area contributed by atoms with E-state index in [-0.39, 0.29) is 17.9 Å². The topological polar surface area (TPSA) is 84.2 Å². The van der Waals surface area contributed by atoms with Crippen LogP contribution in [0.15, 0.2) is 22.7 Å². The molecule has 1 aromatic carbocycles. The summed E-state index contributed by atoms with van der Waals surface area (Å²) in [5, 5.41) is 5.36. The Morgan fingerprint density at radius 2 is 1.84 bits per heavy atom. The van der Waals surface area contributed by atoms with Crippen molar-refractivity contribution < 1.29 is 9.59 Å². The number of carbonyl (C=O) groups excluding carboxylic acids is 2. The molecule has 19 heavy (non-hydrogen) atoms. The molecule has 0 spiro atoms. The van der Waals surface area contributed by atoms with Crippen molar-refractivity contribution >= 4 is 33.4 Å². The zero-order valence-electron chi connectivity index (χ0n) is 11.2. The number of carbonyl (C=O) groups is 2. The van der Waals surface area contributed by atoms with E-state index in [1.165, 1.54) is 0 Å². The molecule has 0 aliphatic heterocycles. The third kappa shape index (κ3) is 4.55. The van der Waals surface area contributed by atoms with Gasteiger partial charge in [0, 0.05) is 21.8 Å². The molecule has 6 heteroatoms. The van der Waals surface area contributed by atoms with Gasteiger partial charge >= 0.3 is 0 Å². The van der Waals surface area contributed by atoms with Crippen LogP contribution >= 0.6 is 15.9 Å². The van der Waals surface area contributed by atoms with Crippen LogP contribution < -0.4 is 16.4 Å². The first-order valence-corrected chi connectivity index (χ1v) is 6.77. The molecule has 0 radical (unpaired) electrons. The first-order chi connectivity index (χ1) is 8.81. The Morgan fingerprint density at radius 1 is 1.21 bits per heavy atom. The average molecular weight is 328 g/mol. The van der Waals surface area contributed by atoms with Crippen molar-refractivity contribution in [1.82, 2.24) is 10.6 Å². The minimum Gasteiger partial charge on any atom is -0.398 e. The van der Waals surface area contributed by atoms with E-state index in [2.05, 4.69) is 26.6 Å². The molecule has 1 aromatic rings. The molecule has 0 heterocycles. The summed E-state index contributed by atoms with van der Waals surface area (Å²) >= 11 is 3.26. The van der Waals surface area contributed by atoms with Gasteiger partial charge in [0.15, 0.2) is 0 Å². The lowest BCUT2D eigenvalue weighted by atomic mass is 10.1. The summed E-state index contributed by atoms with van der Waals surface area (Å²) in [5.74, 6) is -0.543. The van der Waals surface area contributed by atoms with Gasteiger partial charge < -0.3 is 16.4 Å². The second kappa shape index (κ2) is 6.56. The Hall–Kier alpha value is -1.56. The van der Waals surface area contributed by atoms with Crippen LogP contribution in [0.5, 0.6) is 0 Å². The fourth-order valence-electron chi connectivity index (χ4n) is 1.44. The van der Waals surface area contributed by atoms with E-state index in [0.29, 0.717) is 11.3 Å². The molecule has 104 valence electrons. The van der Waals surface area contributed by atoms with Gasteiger partial charge in [-0.25, -0.2) is 0 Å². The van der Waals surface area contributed by atoms with E-state index in [1.807, 2.05) is 13.8 Å². The molecule has 4 N–H and O–H groups in total. The SMILES string of the molecule is CC(C)NC(=O)C(C)NC(=O)c1ccc(Br)c(N)c1. The predicted octanol–water partition coefficient (Wildman–Crippen LogP) is 1.67. The summed E-state index contributed by atoms with van der Waals surface area (Å²) < 4.78 is 0.731. The number of anilines is 1. The first kappa shape index (κ1) is 15.5. The molecule has 0 saturated heterocycles. The Kier molecular flexibility index (Phi) is 5.35. The molecule has 0 aliphatic carbocycles. The summed E-state index contributed by atoms with van der Waals surface area (Å²) in [6.45, 7) is 5.36. The van der Waals surface area contributed by atoms with Crippen molar-refractivity contribution in [1.29, 1.82) is 0 Å². The fraction of sp³-hybridized carbons (Fsp3) is 0.385. The van der Waals surface area contributed by atoms with Crippen LogP contribution in [-0.2, 0) is 4.79 Å². The van der Waals surface area contributed by atoms with Crippen LogP contribution in [0, 0.1) is 0 Å². The molecule has 1 atom stereocenters. The molecule has 0 aromatic heterocycles. The van der Waals surface area contributed by atoms with E-state index in [0.717, 1.165) is 4.47 Å². The second-order valence-electron chi connectivity index (χ2n) is 4.59. The molecular weight excluding hydrogens is 310 g/mol. The monoisotopic (exact) mass is 327 g/mol. The highest BCUT2D eigenvalue weighted by atomic mass is 79.9.